The van der Waals surface area contributed by atoms with Crippen molar-refractivity contribution in [3.63, 3.8) is 0 Å². The van der Waals surface area contributed by atoms with E-state index in [1.165, 1.54) is 0 Å². The zero-order valence-corrected chi connectivity index (χ0v) is 14.7. The molecule has 3 rings (SSSR count). The van der Waals surface area contributed by atoms with Crippen molar-refractivity contribution in [2.24, 2.45) is 0 Å². The van der Waals surface area contributed by atoms with Crippen molar-refractivity contribution >= 4 is 11.8 Å². The number of halogens is 2. The van der Waals surface area contributed by atoms with Crippen molar-refractivity contribution in [1.82, 2.24) is 9.55 Å². The number of ether oxygens (including phenoxy) is 2. The Morgan fingerprint density at radius 3 is 2.71 bits per heavy atom. The first-order valence-corrected chi connectivity index (χ1v) is 8.54. The molecule has 0 bridgehead atoms. The number of rotatable bonds is 6. The minimum atomic E-state index is -3.79. The fourth-order valence-electron chi connectivity index (χ4n) is 2.85. The highest BCUT2D eigenvalue weighted by Gasteiger charge is 2.60. The molecule has 0 saturated carbocycles. The number of esters is 1. The van der Waals surface area contributed by atoms with E-state index >= 15 is 0 Å². The molecular formula is C18H19F2N3O5. The van der Waals surface area contributed by atoms with E-state index in [9.17, 15) is 23.5 Å². The third-order valence-electron chi connectivity index (χ3n) is 4.35. The topological polar surface area (TPSA) is 117 Å². The van der Waals surface area contributed by atoms with Crippen molar-refractivity contribution in [2.75, 3.05) is 12.3 Å². The van der Waals surface area contributed by atoms with Gasteiger partial charge in [-0.15, -0.1) is 0 Å². The van der Waals surface area contributed by atoms with Gasteiger partial charge in [0.15, 0.2) is 6.10 Å². The first-order chi connectivity index (χ1) is 13.3. The van der Waals surface area contributed by atoms with Gasteiger partial charge in [-0.25, -0.2) is 4.79 Å². The Bertz CT molecular complexity index is 890. The molecule has 1 aromatic carbocycles. The molecule has 0 amide bonds. The monoisotopic (exact) mass is 395 g/mol. The summed E-state index contributed by atoms with van der Waals surface area (Å²) in [7, 11) is 0. The van der Waals surface area contributed by atoms with E-state index in [4.69, 9.17) is 15.2 Å². The van der Waals surface area contributed by atoms with Crippen molar-refractivity contribution in [1.29, 1.82) is 0 Å². The first-order valence-electron chi connectivity index (χ1n) is 8.54. The SMILES string of the molecule is Nc1ccn([C@@H]2O[C@H](COC(=O)CCc3ccccc3)[C@@H](O)C2(F)F)c(=O)n1. The van der Waals surface area contributed by atoms with Crippen LogP contribution in [0.4, 0.5) is 14.6 Å². The second-order valence-electron chi connectivity index (χ2n) is 6.36. The first kappa shape index (κ1) is 19.9. The highest BCUT2D eigenvalue weighted by Crippen LogP contribution is 2.42. The van der Waals surface area contributed by atoms with Gasteiger partial charge in [0, 0.05) is 12.6 Å². The molecule has 0 radical (unpaired) electrons. The quantitative estimate of drug-likeness (QED) is 0.698. The summed E-state index contributed by atoms with van der Waals surface area (Å²) < 4.78 is 39.4. The number of nitrogens with two attached hydrogens (primary N) is 1. The Hall–Kier alpha value is -2.85. The summed E-state index contributed by atoms with van der Waals surface area (Å²) in [5.41, 5.74) is 5.23. The lowest BCUT2D eigenvalue weighted by molar-refractivity contribution is -0.150. The highest BCUT2D eigenvalue weighted by molar-refractivity contribution is 5.69. The lowest BCUT2D eigenvalue weighted by Crippen LogP contribution is -2.42. The third-order valence-corrected chi connectivity index (χ3v) is 4.35. The number of aromatic nitrogens is 2. The van der Waals surface area contributed by atoms with E-state index in [0.29, 0.717) is 11.0 Å². The van der Waals surface area contributed by atoms with Crippen LogP contribution in [-0.4, -0.2) is 45.4 Å². The number of aliphatic hydroxyl groups is 1. The molecular weight excluding hydrogens is 376 g/mol. The maximum Gasteiger partial charge on any atom is 0.351 e. The van der Waals surface area contributed by atoms with Gasteiger partial charge in [-0.1, -0.05) is 30.3 Å². The van der Waals surface area contributed by atoms with Crippen LogP contribution in [0, 0.1) is 0 Å². The third kappa shape index (κ3) is 4.18. The van der Waals surface area contributed by atoms with Crippen LogP contribution in [0.5, 0.6) is 0 Å². The second kappa shape index (κ2) is 8.03. The summed E-state index contributed by atoms with van der Waals surface area (Å²) >= 11 is 0. The molecule has 1 aromatic heterocycles. The van der Waals surface area contributed by atoms with Gasteiger partial charge in [-0.3, -0.25) is 9.36 Å². The molecule has 3 atom stereocenters. The van der Waals surface area contributed by atoms with Crippen LogP contribution in [-0.2, 0) is 20.7 Å². The van der Waals surface area contributed by atoms with Crippen LogP contribution in [0.1, 0.15) is 18.2 Å². The molecule has 2 aromatic rings. The Morgan fingerprint density at radius 1 is 1.32 bits per heavy atom. The maximum atomic E-state index is 14.4. The van der Waals surface area contributed by atoms with Crippen LogP contribution in [0.15, 0.2) is 47.4 Å². The van der Waals surface area contributed by atoms with Crippen LogP contribution in [0.3, 0.4) is 0 Å². The predicted molar refractivity (Wildman–Crippen MR) is 93.5 cm³/mol. The molecule has 1 saturated heterocycles. The lowest BCUT2D eigenvalue weighted by Gasteiger charge is -2.20. The van der Waals surface area contributed by atoms with Crippen LogP contribution in [0.25, 0.3) is 0 Å². The standard InChI is InChI=1S/C18H19F2N3O5/c19-18(20)15(25)12(28-16(18)23-9-8-13(21)22-17(23)26)10-27-14(24)7-6-11-4-2-1-3-5-11/h1-5,8-9,12,15-16,25H,6-7,10H2,(H2,21,22,26)/t12-,15-,16-/m1/s1. The van der Waals surface area contributed by atoms with Crippen molar-refractivity contribution < 1.29 is 28.2 Å². The van der Waals surface area contributed by atoms with E-state index in [2.05, 4.69) is 4.98 Å². The van der Waals surface area contributed by atoms with Gasteiger partial charge in [-0.2, -0.15) is 13.8 Å². The average Bonchev–Trinajstić information content (AvgIpc) is 2.89. The number of anilines is 1. The molecule has 28 heavy (non-hydrogen) atoms. The zero-order chi connectivity index (χ0) is 20.3. The molecule has 0 aliphatic carbocycles. The molecule has 10 heteroatoms. The van der Waals surface area contributed by atoms with E-state index in [0.717, 1.165) is 17.8 Å². The van der Waals surface area contributed by atoms with E-state index < -0.39 is 42.6 Å². The molecule has 0 unspecified atom stereocenters. The summed E-state index contributed by atoms with van der Waals surface area (Å²) in [5.74, 6) is -4.53. The molecule has 0 spiro atoms. The van der Waals surface area contributed by atoms with Crippen LogP contribution in [0.2, 0.25) is 0 Å². The van der Waals surface area contributed by atoms with Gasteiger partial charge < -0.3 is 20.3 Å². The van der Waals surface area contributed by atoms with Gasteiger partial charge in [0.25, 0.3) is 0 Å². The fourth-order valence-corrected chi connectivity index (χ4v) is 2.85. The second-order valence-corrected chi connectivity index (χ2v) is 6.36. The van der Waals surface area contributed by atoms with Gasteiger partial charge >= 0.3 is 17.6 Å². The van der Waals surface area contributed by atoms with Crippen molar-refractivity contribution in [3.05, 3.63) is 58.6 Å². The Morgan fingerprint density at radius 2 is 2.04 bits per heavy atom. The van der Waals surface area contributed by atoms with Gasteiger partial charge in [0.05, 0.1) is 0 Å². The van der Waals surface area contributed by atoms with Crippen molar-refractivity contribution in [3.8, 4) is 0 Å². The Kier molecular flexibility index (Phi) is 5.71. The van der Waals surface area contributed by atoms with Gasteiger partial charge in [-0.05, 0) is 18.1 Å². The molecule has 1 aliphatic heterocycles. The normalized spacial score (nSPS) is 23.5. The number of hydrogen-bond acceptors (Lipinski definition) is 7. The molecule has 1 fully saturated rings. The molecule has 150 valence electrons. The number of aliphatic hydroxyl groups excluding tert-OH is 1. The summed E-state index contributed by atoms with van der Waals surface area (Å²) in [6.45, 7) is -0.571. The minimum absolute atomic E-state index is 0.0496. The molecule has 8 nitrogen and oxygen atoms in total. The summed E-state index contributed by atoms with van der Waals surface area (Å²) in [5, 5.41) is 9.89. The maximum absolute atomic E-state index is 14.4. The number of alkyl halides is 2. The lowest BCUT2D eigenvalue weighted by atomic mass is 10.1. The number of carbonyl (C=O) groups is 1. The Labute approximate surface area is 158 Å². The summed E-state index contributed by atoms with van der Waals surface area (Å²) in [6.07, 6.45) is -4.36. The number of nitrogens with zero attached hydrogens (tertiary/aromatic N) is 2. The fraction of sp³-hybridized carbons (Fsp3) is 0.389. The number of carbonyl (C=O) groups excluding carboxylic acids is 1. The zero-order valence-electron chi connectivity index (χ0n) is 14.7. The van der Waals surface area contributed by atoms with E-state index in [1.807, 2.05) is 30.3 Å². The smallest absolute Gasteiger partial charge is 0.351 e. The van der Waals surface area contributed by atoms with E-state index in [1.54, 1.807) is 0 Å². The van der Waals surface area contributed by atoms with Gasteiger partial charge in [0.1, 0.15) is 18.5 Å². The van der Waals surface area contributed by atoms with E-state index in [-0.39, 0.29) is 12.2 Å². The molecule has 1 aliphatic rings. The van der Waals surface area contributed by atoms with Crippen LogP contribution < -0.4 is 11.4 Å². The summed E-state index contributed by atoms with van der Waals surface area (Å²) in [6, 6.07) is 10.4. The number of benzene rings is 1. The number of aryl methyl sites for hydroxylation is 1. The molecule has 3 N–H and O–H groups in total. The number of hydrogen-bond donors (Lipinski definition) is 2. The Balaban J connectivity index is 1.60. The average molecular weight is 395 g/mol. The van der Waals surface area contributed by atoms with Crippen LogP contribution >= 0.6 is 0 Å². The summed E-state index contributed by atoms with van der Waals surface area (Å²) in [4.78, 5) is 27.0. The minimum Gasteiger partial charge on any atom is -0.463 e. The molecule has 2 heterocycles. The number of nitrogen functional groups attached to an aromatic ring is 1. The predicted octanol–water partition coefficient (Wildman–Crippen LogP) is 0.895. The highest BCUT2D eigenvalue weighted by atomic mass is 19.3. The largest absolute Gasteiger partial charge is 0.463 e. The van der Waals surface area contributed by atoms with Crippen molar-refractivity contribution in [2.45, 2.75) is 37.2 Å². The van der Waals surface area contributed by atoms with Gasteiger partial charge in [0.2, 0.25) is 6.23 Å².